The zero-order valence-corrected chi connectivity index (χ0v) is 67.3. The maximum Gasteiger partial charge on any atom is 0.472 e. The number of quaternary nitrogens is 1. The zero-order chi connectivity index (χ0) is 70.4. The minimum absolute atomic E-state index is 0.0370. The summed E-state index contributed by atoms with van der Waals surface area (Å²) in [6.45, 7) is 4.54. The molecule has 0 aromatic carbocycles. The summed E-state index contributed by atoms with van der Waals surface area (Å²) in [6, 6.07) is 0. The average Bonchev–Trinajstić information content (AvgIpc) is 1.58. The van der Waals surface area contributed by atoms with Gasteiger partial charge in [0.05, 0.1) is 27.7 Å². The van der Waals surface area contributed by atoms with Crippen molar-refractivity contribution in [2.75, 3.05) is 47.5 Å². The molecule has 0 radical (unpaired) electrons. The number of phosphoric acid groups is 1. The molecule has 0 aliphatic rings. The second-order valence-corrected chi connectivity index (χ2v) is 33.1. The van der Waals surface area contributed by atoms with Crippen LogP contribution in [0.2, 0.25) is 0 Å². The van der Waals surface area contributed by atoms with Crippen molar-refractivity contribution in [2.45, 2.75) is 489 Å². The van der Waals surface area contributed by atoms with Crippen LogP contribution in [0.25, 0.3) is 0 Å². The first-order valence-electron chi connectivity index (χ1n) is 43.9. The van der Waals surface area contributed by atoms with E-state index in [9.17, 15) is 19.0 Å². The van der Waals surface area contributed by atoms with Gasteiger partial charge in [0.2, 0.25) is 0 Å². The Hall–Kier alpha value is -1.25. The third-order valence-corrected chi connectivity index (χ3v) is 21.5. The van der Waals surface area contributed by atoms with Gasteiger partial charge in [-0.25, -0.2) is 4.57 Å². The van der Waals surface area contributed by atoms with E-state index in [-0.39, 0.29) is 25.6 Å². The number of rotatable bonds is 84. The van der Waals surface area contributed by atoms with Gasteiger partial charge in [0, 0.05) is 12.8 Å². The fourth-order valence-electron chi connectivity index (χ4n) is 13.8. The van der Waals surface area contributed by atoms with Gasteiger partial charge < -0.3 is 18.9 Å². The lowest BCUT2D eigenvalue weighted by Crippen LogP contribution is -2.37. The number of unbranched alkanes of at least 4 members (excludes halogenated alkanes) is 68. The number of phosphoric ester groups is 1. The Balaban J connectivity index is 3.83. The molecule has 0 rings (SSSR count). The van der Waals surface area contributed by atoms with E-state index in [1.807, 2.05) is 21.1 Å². The molecule has 578 valence electrons. The fraction of sp³-hybridized carbons (Fsp3) is 0.954. The Labute approximate surface area is 607 Å². The molecule has 0 spiro atoms. The lowest BCUT2D eigenvalue weighted by atomic mass is 10.0. The van der Waals surface area contributed by atoms with Crippen LogP contribution in [0.1, 0.15) is 483 Å². The third-order valence-electron chi connectivity index (χ3n) is 20.5. The van der Waals surface area contributed by atoms with E-state index in [0.717, 1.165) is 38.5 Å². The van der Waals surface area contributed by atoms with Crippen LogP contribution >= 0.6 is 7.82 Å². The summed E-state index contributed by atoms with van der Waals surface area (Å²) >= 11 is 0. The summed E-state index contributed by atoms with van der Waals surface area (Å²) in [5.74, 6) is -0.765. The molecule has 2 unspecified atom stereocenters. The average molecular weight is 1390 g/mol. The number of hydrogen-bond acceptors (Lipinski definition) is 7. The summed E-state index contributed by atoms with van der Waals surface area (Å²) in [5.41, 5.74) is 0. The highest BCUT2D eigenvalue weighted by Gasteiger charge is 2.27. The molecule has 0 fully saturated rings. The minimum atomic E-state index is -4.39. The lowest BCUT2D eigenvalue weighted by molar-refractivity contribution is -0.870. The minimum Gasteiger partial charge on any atom is -0.462 e. The lowest BCUT2D eigenvalue weighted by Gasteiger charge is -2.24. The van der Waals surface area contributed by atoms with Gasteiger partial charge in [-0.15, -0.1) is 0 Å². The standard InChI is InChI=1S/C87H172NO8P/c1-6-8-10-12-14-16-18-20-22-24-26-28-30-32-34-36-38-40-41-42-43-44-45-46-48-49-51-53-55-57-59-61-63-65-67-69-71-73-75-77-79-86(89)93-83-85(84-95-97(91,92)94-82-81-88(3,4)5)96-87(90)80-78-76-74-72-70-68-66-64-62-60-58-56-54-52-50-47-39-37-35-33-31-29-27-25-23-21-19-17-15-13-11-9-7-2/h25,27,85H,6-24,26,28-84H2,1-5H3/p+1/b27-25-. The van der Waals surface area contributed by atoms with E-state index in [1.54, 1.807) is 0 Å². The Kier molecular flexibility index (Phi) is 77.9. The van der Waals surface area contributed by atoms with Crippen LogP contribution in [0.3, 0.4) is 0 Å². The Morgan fingerprint density at radius 1 is 0.309 bits per heavy atom. The molecular weight excluding hydrogens is 1220 g/mol. The number of carbonyl (C=O) groups is 2. The Morgan fingerprint density at radius 3 is 0.763 bits per heavy atom. The van der Waals surface area contributed by atoms with Crippen LogP contribution in [-0.2, 0) is 32.7 Å². The molecule has 1 N–H and O–H groups in total. The van der Waals surface area contributed by atoms with Gasteiger partial charge in [-0.05, 0) is 38.5 Å². The topological polar surface area (TPSA) is 108 Å². The quantitative estimate of drug-likeness (QED) is 0.0211. The molecule has 0 aliphatic heterocycles. The molecule has 0 bridgehead atoms. The molecule has 97 heavy (non-hydrogen) atoms. The van der Waals surface area contributed by atoms with Gasteiger partial charge in [0.1, 0.15) is 19.8 Å². The predicted octanol–water partition coefficient (Wildman–Crippen LogP) is 29.4. The summed E-state index contributed by atoms with van der Waals surface area (Å²) in [4.78, 5) is 36.0. The highest BCUT2D eigenvalue weighted by atomic mass is 31.2. The van der Waals surface area contributed by atoms with Crippen molar-refractivity contribution in [2.24, 2.45) is 0 Å². The first kappa shape index (κ1) is 95.8. The molecule has 0 saturated carbocycles. The van der Waals surface area contributed by atoms with Gasteiger partial charge in [-0.3, -0.25) is 18.6 Å². The number of carbonyl (C=O) groups excluding carboxylic acids is 2. The van der Waals surface area contributed by atoms with Gasteiger partial charge in [-0.2, -0.15) is 0 Å². The van der Waals surface area contributed by atoms with Gasteiger partial charge in [0.15, 0.2) is 6.10 Å². The van der Waals surface area contributed by atoms with Crippen LogP contribution in [-0.4, -0.2) is 74.9 Å². The maximum atomic E-state index is 12.9. The highest BCUT2D eigenvalue weighted by molar-refractivity contribution is 7.47. The first-order chi connectivity index (χ1) is 47.5. The van der Waals surface area contributed by atoms with E-state index in [2.05, 4.69) is 26.0 Å². The van der Waals surface area contributed by atoms with Crippen molar-refractivity contribution >= 4 is 19.8 Å². The SMILES string of the molecule is CCCCCCCCCC/C=C\CCCCCCCCCCCCCCCCCCCCCCCC(=O)OC(COC(=O)CCCCCCCCCCCCCCCCCCCCCCCCCCCCCCCCCCCCCCCCCC)COP(=O)(O)OCC[N+](C)(C)C. The molecular formula is C87H173NO8P+. The van der Waals surface area contributed by atoms with Crippen molar-refractivity contribution in [1.82, 2.24) is 0 Å². The van der Waals surface area contributed by atoms with Crippen molar-refractivity contribution in [3.8, 4) is 0 Å². The normalized spacial score (nSPS) is 12.9. The largest absolute Gasteiger partial charge is 0.472 e. The number of ether oxygens (including phenoxy) is 2. The summed E-state index contributed by atoms with van der Waals surface area (Å²) in [6.07, 6.45) is 101. The fourth-order valence-corrected chi connectivity index (χ4v) is 14.6. The van der Waals surface area contributed by atoms with Crippen molar-refractivity contribution in [3.63, 3.8) is 0 Å². The molecule has 0 aromatic rings. The van der Waals surface area contributed by atoms with Gasteiger partial charge in [0.25, 0.3) is 0 Å². The van der Waals surface area contributed by atoms with E-state index >= 15 is 0 Å². The van der Waals surface area contributed by atoms with Crippen LogP contribution in [0, 0.1) is 0 Å². The summed E-state index contributed by atoms with van der Waals surface area (Å²) in [5, 5.41) is 0. The number of allylic oxidation sites excluding steroid dienone is 2. The van der Waals surface area contributed by atoms with Crippen molar-refractivity contribution < 1.29 is 42.1 Å². The van der Waals surface area contributed by atoms with E-state index in [1.165, 1.54) is 417 Å². The van der Waals surface area contributed by atoms with E-state index in [0.29, 0.717) is 17.4 Å². The summed E-state index contributed by atoms with van der Waals surface area (Å²) in [7, 11) is 1.51. The molecule has 2 atom stereocenters. The monoisotopic (exact) mass is 1390 g/mol. The van der Waals surface area contributed by atoms with Crippen molar-refractivity contribution in [3.05, 3.63) is 12.2 Å². The second kappa shape index (κ2) is 78.9. The van der Waals surface area contributed by atoms with Crippen LogP contribution in [0.4, 0.5) is 0 Å². The first-order valence-corrected chi connectivity index (χ1v) is 45.4. The van der Waals surface area contributed by atoms with Crippen LogP contribution < -0.4 is 0 Å². The number of nitrogens with zero attached hydrogens (tertiary/aromatic N) is 1. The van der Waals surface area contributed by atoms with Gasteiger partial charge >= 0.3 is 19.8 Å². The summed E-state index contributed by atoms with van der Waals surface area (Å²) < 4.78 is 34.9. The maximum absolute atomic E-state index is 12.9. The number of likely N-dealkylation sites (N-methyl/N-ethyl adjacent to an activating group) is 1. The van der Waals surface area contributed by atoms with E-state index in [4.69, 9.17) is 18.5 Å². The molecule has 0 aromatic heterocycles. The molecule has 0 heterocycles. The zero-order valence-electron chi connectivity index (χ0n) is 66.4. The van der Waals surface area contributed by atoms with Crippen LogP contribution in [0.15, 0.2) is 12.2 Å². The molecule has 0 saturated heterocycles. The second-order valence-electron chi connectivity index (χ2n) is 31.6. The van der Waals surface area contributed by atoms with Crippen LogP contribution in [0.5, 0.6) is 0 Å². The Morgan fingerprint density at radius 2 is 0.526 bits per heavy atom. The third kappa shape index (κ3) is 83.6. The van der Waals surface area contributed by atoms with Crippen molar-refractivity contribution in [1.29, 1.82) is 0 Å². The molecule has 0 aliphatic carbocycles. The smallest absolute Gasteiger partial charge is 0.462 e. The van der Waals surface area contributed by atoms with Gasteiger partial charge in [-0.1, -0.05) is 443 Å². The highest BCUT2D eigenvalue weighted by Crippen LogP contribution is 2.43. The molecule has 9 nitrogen and oxygen atoms in total. The molecule has 10 heteroatoms. The van der Waals surface area contributed by atoms with E-state index < -0.39 is 26.5 Å². The predicted molar refractivity (Wildman–Crippen MR) is 423 cm³/mol. The number of hydrogen-bond donors (Lipinski definition) is 1. The number of esters is 2. The Bertz CT molecular complexity index is 1640. The molecule has 0 amide bonds.